The predicted octanol–water partition coefficient (Wildman–Crippen LogP) is 4.16. The highest BCUT2D eigenvalue weighted by atomic mass is 32.1. The molecule has 0 saturated carbocycles. The second-order valence-electron chi connectivity index (χ2n) is 5.09. The fourth-order valence-electron chi connectivity index (χ4n) is 2.25. The SMILES string of the molecule is CCOc1ccc(COc2ccc3cc(C(=N)N)sc3c2)cc1. The Morgan fingerprint density at radius 3 is 2.48 bits per heavy atom. The van der Waals surface area contributed by atoms with Crippen LogP contribution in [-0.2, 0) is 6.61 Å². The van der Waals surface area contributed by atoms with Gasteiger partial charge in [-0.1, -0.05) is 12.1 Å². The van der Waals surface area contributed by atoms with E-state index in [0.717, 1.165) is 32.0 Å². The number of thiophene rings is 1. The van der Waals surface area contributed by atoms with Crippen LogP contribution in [0, 0.1) is 5.41 Å². The van der Waals surface area contributed by atoms with Gasteiger partial charge in [0, 0.05) is 4.70 Å². The second kappa shape index (κ2) is 6.71. The zero-order chi connectivity index (χ0) is 16.2. The molecule has 23 heavy (non-hydrogen) atoms. The summed E-state index contributed by atoms with van der Waals surface area (Å²) >= 11 is 1.50. The minimum absolute atomic E-state index is 0.100. The van der Waals surface area contributed by atoms with Crippen molar-refractivity contribution in [1.82, 2.24) is 0 Å². The molecule has 0 unspecified atom stereocenters. The number of nitrogens with two attached hydrogens (primary N) is 1. The first-order chi connectivity index (χ1) is 11.2. The van der Waals surface area contributed by atoms with E-state index >= 15 is 0 Å². The molecule has 0 amide bonds. The Morgan fingerprint density at radius 2 is 1.78 bits per heavy atom. The van der Waals surface area contributed by atoms with Gasteiger partial charge in [0.1, 0.15) is 23.9 Å². The number of nitrogens with one attached hydrogen (secondary N) is 1. The van der Waals surface area contributed by atoms with Gasteiger partial charge in [-0.05, 0) is 54.3 Å². The monoisotopic (exact) mass is 326 g/mol. The maximum atomic E-state index is 7.51. The third kappa shape index (κ3) is 3.63. The van der Waals surface area contributed by atoms with E-state index in [1.54, 1.807) is 0 Å². The fraction of sp³-hybridized carbons (Fsp3) is 0.167. The normalized spacial score (nSPS) is 10.7. The lowest BCUT2D eigenvalue weighted by atomic mass is 10.2. The van der Waals surface area contributed by atoms with Gasteiger partial charge < -0.3 is 15.2 Å². The highest BCUT2D eigenvalue weighted by Crippen LogP contribution is 2.29. The molecule has 0 bridgehead atoms. The summed E-state index contributed by atoms with van der Waals surface area (Å²) < 4.78 is 12.3. The number of nitrogen functional groups attached to an aromatic ring is 1. The van der Waals surface area contributed by atoms with Crippen LogP contribution < -0.4 is 15.2 Å². The van der Waals surface area contributed by atoms with Crippen LogP contribution in [0.1, 0.15) is 17.4 Å². The van der Waals surface area contributed by atoms with Crippen LogP contribution in [0.3, 0.4) is 0 Å². The molecule has 0 aliphatic carbocycles. The minimum atomic E-state index is 0.100. The largest absolute Gasteiger partial charge is 0.494 e. The van der Waals surface area contributed by atoms with Gasteiger partial charge in [0.05, 0.1) is 11.5 Å². The quantitative estimate of drug-likeness (QED) is 0.528. The summed E-state index contributed by atoms with van der Waals surface area (Å²) in [7, 11) is 0. The van der Waals surface area contributed by atoms with E-state index in [0.29, 0.717) is 13.2 Å². The lowest BCUT2D eigenvalue weighted by Gasteiger charge is -2.07. The zero-order valence-corrected chi connectivity index (χ0v) is 13.7. The Labute approximate surface area is 139 Å². The molecule has 1 aromatic heterocycles. The van der Waals surface area contributed by atoms with Crippen molar-refractivity contribution in [2.24, 2.45) is 5.73 Å². The van der Waals surface area contributed by atoms with E-state index in [4.69, 9.17) is 20.6 Å². The molecule has 3 rings (SSSR count). The van der Waals surface area contributed by atoms with Crippen molar-refractivity contribution < 1.29 is 9.47 Å². The molecular weight excluding hydrogens is 308 g/mol. The molecule has 0 spiro atoms. The summed E-state index contributed by atoms with van der Waals surface area (Å²) in [5, 5.41) is 8.59. The number of rotatable bonds is 6. The van der Waals surface area contributed by atoms with E-state index < -0.39 is 0 Å². The van der Waals surface area contributed by atoms with Crippen molar-refractivity contribution in [2.45, 2.75) is 13.5 Å². The van der Waals surface area contributed by atoms with Gasteiger partial charge in [-0.25, -0.2) is 0 Å². The van der Waals surface area contributed by atoms with E-state index in [2.05, 4.69) is 0 Å². The third-order valence-corrected chi connectivity index (χ3v) is 4.53. The number of hydrogen-bond acceptors (Lipinski definition) is 4. The standard InChI is InChI=1S/C18H18N2O2S/c1-2-21-14-6-3-12(4-7-14)11-22-15-8-5-13-9-17(18(19)20)23-16(13)10-15/h3-10H,2,11H2,1H3,(H3,19,20). The van der Waals surface area contributed by atoms with Crippen LogP contribution in [-0.4, -0.2) is 12.4 Å². The molecule has 3 aromatic rings. The van der Waals surface area contributed by atoms with Crippen LogP contribution in [0.2, 0.25) is 0 Å². The van der Waals surface area contributed by atoms with Crippen LogP contribution in [0.4, 0.5) is 0 Å². The Kier molecular flexibility index (Phi) is 4.48. The van der Waals surface area contributed by atoms with E-state index in [-0.39, 0.29) is 5.84 Å². The van der Waals surface area contributed by atoms with Crippen LogP contribution >= 0.6 is 11.3 Å². The fourth-order valence-corrected chi connectivity index (χ4v) is 3.20. The van der Waals surface area contributed by atoms with Crippen LogP contribution in [0.15, 0.2) is 48.5 Å². The zero-order valence-electron chi connectivity index (χ0n) is 12.8. The van der Waals surface area contributed by atoms with E-state index in [1.807, 2.05) is 55.5 Å². The van der Waals surface area contributed by atoms with Crippen molar-refractivity contribution in [3.05, 3.63) is 59.0 Å². The van der Waals surface area contributed by atoms with Gasteiger partial charge in [0.2, 0.25) is 0 Å². The van der Waals surface area contributed by atoms with Gasteiger partial charge >= 0.3 is 0 Å². The summed E-state index contributed by atoms with van der Waals surface area (Å²) in [4.78, 5) is 0.781. The topological polar surface area (TPSA) is 68.3 Å². The third-order valence-electron chi connectivity index (χ3n) is 3.40. The van der Waals surface area contributed by atoms with E-state index in [9.17, 15) is 0 Å². The Bertz CT molecular complexity index is 825. The van der Waals surface area contributed by atoms with Gasteiger partial charge in [-0.15, -0.1) is 11.3 Å². The van der Waals surface area contributed by atoms with Crippen LogP contribution in [0.5, 0.6) is 11.5 Å². The number of ether oxygens (including phenoxy) is 2. The van der Waals surface area contributed by atoms with Gasteiger partial charge in [-0.2, -0.15) is 0 Å². The Balaban J connectivity index is 1.70. The molecule has 0 saturated heterocycles. The molecular formula is C18H18N2O2S. The Morgan fingerprint density at radius 1 is 1.04 bits per heavy atom. The highest BCUT2D eigenvalue weighted by molar-refractivity contribution is 7.20. The minimum Gasteiger partial charge on any atom is -0.494 e. The molecule has 0 aliphatic heterocycles. The molecule has 0 aliphatic rings. The first-order valence-electron chi connectivity index (χ1n) is 7.38. The molecule has 3 N–H and O–H groups in total. The molecule has 118 valence electrons. The van der Waals surface area contributed by atoms with Crippen molar-refractivity contribution in [1.29, 1.82) is 5.41 Å². The lowest BCUT2D eigenvalue weighted by molar-refractivity contribution is 0.306. The molecule has 5 heteroatoms. The summed E-state index contributed by atoms with van der Waals surface area (Å²) in [6.45, 7) is 3.14. The molecule has 0 radical (unpaired) electrons. The van der Waals surface area contributed by atoms with Crippen molar-refractivity contribution in [2.75, 3.05) is 6.61 Å². The number of amidine groups is 1. The maximum absolute atomic E-state index is 7.51. The smallest absolute Gasteiger partial charge is 0.133 e. The van der Waals surface area contributed by atoms with Gasteiger partial charge in [0.15, 0.2) is 0 Å². The Hall–Kier alpha value is -2.53. The maximum Gasteiger partial charge on any atom is 0.133 e. The second-order valence-corrected chi connectivity index (χ2v) is 6.17. The summed E-state index contributed by atoms with van der Waals surface area (Å²) in [5.41, 5.74) is 6.62. The van der Waals surface area contributed by atoms with Crippen LogP contribution in [0.25, 0.3) is 10.1 Å². The molecule has 0 atom stereocenters. The molecule has 1 heterocycles. The lowest BCUT2D eigenvalue weighted by Crippen LogP contribution is -2.08. The van der Waals surface area contributed by atoms with Crippen molar-refractivity contribution in [3.63, 3.8) is 0 Å². The van der Waals surface area contributed by atoms with E-state index in [1.165, 1.54) is 11.3 Å². The number of benzene rings is 2. The van der Waals surface area contributed by atoms with Crippen molar-refractivity contribution >= 4 is 27.3 Å². The number of hydrogen-bond donors (Lipinski definition) is 2. The van der Waals surface area contributed by atoms with Crippen molar-refractivity contribution in [3.8, 4) is 11.5 Å². The average Bonchev–Trinajstić information content (AvgIpc) is 2.98. The van der Waals surface area contributed by atoms with Gasteiger partial charge in [0.25, 0.3) is 0 Å². The number of fused-ring (bicyclic) bond motifs is 1. The first kappa shape index (κ1) is 15.4. The summed E-state index contributed by atoms with van der Waals surface area (Å²) in [5.74, 6) is 1.78. The summed E-state index contributed by atoms with van der Waals surface area (Å²) in [6.07, 6.45) is 0. The summed E-state index contributed by atoms with van der Waals surface area (Å²) in [6, 6.07) is 15.7. The molecule has 0 fully saturated rings. The highest BCUT2D eigenvalue weighted by Gasteiger charge is 2.06. The molecule has 2 aromatic carbocycles. The van der Waals surface area contributed by atoms with Gasteiger partial charge in [-0.3, -0.25) is 5.41 Å². The average molecular weight is 326 g/mol. The first-order valence-corrected chi connectivity index (χ1v) is 8.20. The predicted molar refractivity (Wildman–Crippen MR) is 94.8 cm³/mol. The molecule has 4 nitrogen and oxygen atoms in total.